The molecule has 0 aliphatic heterocycles. The van der Waals surface area contributed by atoms with E-state index in [-0.39, 0.29) is 5.69 Å². The first-order chi connectivity index (χ1) is 11.0. The van der Waals surface area contributed by atoms with Gasteiger partial charge in [0.05, 0.1) is 5.69 Å². The van der Waals surface area contributed by atoms with Crippen molar-refractivity contribution in [3.05, 3.63) is 41.6 Å². The van der Waals surface area contributed by atoms with Crippen LogP contribution in [0.4, 0.5) is 0 Å². The van der Waals surface area contributed by atoms with Gasteiger partial charge < -0.3 is 10.4 Å². The van der Waals surface area contributed by atoms with Crippen LogP contribution in [-0.4, -0.2) is 32.7 Å². The van der Waals surface area contributed by atoms with E-state index in [4.69, 9.17) is 0 Å². The van der Waals surface area contributed by atoms with Gasteiger partial charge in [0, 0.05) is 5.56 Å². The molecule has 3 N–H and O–H groups in total. The van der Waals surface area contributed by atoms with Crippen LogP contribution in [0.15, 0.2) is 30.3 Å². The largest absolute Gasteiger partial charge is 0.480 e. The number of rotatable bonds is 4. The molecule has 0 bridgehead atoms. The molecule has 6 nitrogen and oxygen atoms in total. The van der Waals surface area contributed by atoms with Crippen molar-refractivity contribution in [2.24, 2.45) is 0 Å². The lowest BCUT2D eigenvalue weighted by Gasteiger charge is -2.24. The quantitative estimate of drug-likeness (QED) is 0.808. The van der Waals surface area contributed by atoms with Crippen molar-refractivity contribution in [3.63, 3.8) is 0 Å². The van der Waals surface area contributed by atoms with Crippen LogP contribution in [0.1, 0.15) is 41.7 Å². The lowest BCUT2D eigenvalue weighted by molar-refractivity contribution is -0.144. The van der Waals surface area contributed by atoms with Gasteiger partial charge in [-0.1, -0.05) is 42.7 Å². The second-order valence-electron chi connectivity index (χ2n) is 6.08. The fourth-order valence-corrected chi connectivity index (χ4v) is 2.97. The molecule has 1 aliphatic rings. The van der Waals surface area contributed by atoms with Gasteiger partial charge >= 0.3 is 5.97 Å². The van der Waals surface area contributed by atoms with Gasteiger partial charge in [0.25, 0.3) is 5.91 Å². The number of carboxylic acid groups (broad SMARTS) is 1. The van der Waals surface area contributed by atoms with Crippen LogP contribution in [0.3, 0.4) is 0 Å². The summed E-state index contributed by atoms with van der Waals surface area (Å²) in [5.74, 6) is -1.40. The van der Waals surface area contributed by atoms with Gasteiger partial charge in [-0.05, 0) is 25.8 Å². The van der Waals surface area contributed by atoms with Gasteiger partial charge in [-0.25, -0.2) is 4.79 Å². The van der Waals surface area contributed by atoms with Crippen molar-refractivity contribution in [3.8, 4) is 11.3 Å². The minimum Gasteiger partial charge on any atom is -0.480 e. The first kappa shape index (κ1) is 15.3. The maximum Gasteiger partial charge on any atom is 0.329 e. The minimum absolute atomic E-state index is 0.271. The van der Waals surface area contributed by atoms with E-state index in [9.17, 15) is 14.7 Å². The number of aromatic amines is 1. The smallest absolute Gasteiger partial charge is 0.329 e. The van der Waals surface area contributed by atoms with Crippen LogP contribution in [0.2, 0.25) is 0 Å². The molecule has 23 heavy (non-hydrogen) atoms. The number of carbonyl (C=O) groups excluding carboxylic acids is 1. The number of H-pyrrole nitrogens is 1. The number of aryl methyl sites for hydroxylation is 1. The van der Waals surface area contributed by atoms with E-state index in [1.54, 1.807) is 6.07 Å². The van der Waals surface area contributed by atoms with Crippen molar-refractivity contribution in [1.29, 1.82) is 0 Å². The number of nitrogens with one attached hydrogen (secondary N) is 2. The van der Waals surface area contributed by atoms with Crippen molar-refractivity contribution in [2.45, 2.75) is 38.1 Å². The minimum atomic E-state index is -1.15. The molecule has 1 aliphatic carbocycles. The number of carbonyl (C=O) groups is 2. The highest BCUT2D eigenvalue weighted by atomic mass is 16.4. The first-order valence-electron chi connectivity index (χ1n) is 7.68. The third-order valence-electron chi connectivity index (χ3n) is 4.39. The zero-order valence-electron chi connectivity index (χ0n) is 12.9. The normalized spacial score (nSPS) is 16.2. The van der Waals surface area contributed by atoms with Crippen LogP contribution < -0.4 is 5.32 Å². The Morgan fingerprint density at radius 3 is 2.48 bits per heavy atom. The second kappa shape index (κ2) is 5.87. The average molecular weight is 313 g/mol. The van der Waals surface area contributed by atoms with Crippen molar-refractivity contribution < 1.29 is 14.7 Å². The molecule has 1 aromatic carbocycles. The number of benzene rings is 1. The molecule has 0 atom stereocenters. The van der Waals surface area contributed by atoms with E-state index in [1.807, 2.05) is 31.2 Å². The lowest BCUT2D eigenvalue weighted by atomic mass is 9.97. The molecule has 0 radical (unpaired) electrons. The molecule has 0 spiro atoms. The highest BCUT2D eigenvalue weighted by molar-refractivity contribution is 5.97. The fourth-order valence-electron chi connectivity index (χ4n) is 2.97. The van der Waals surface area contributed by atoms with E-state index in [0.717, 1.165) is 24.0 Å². The predicted octanol–water partition coefficient (Wildman–Crippen LogP) is 2.51. The number of amides is 1. The molecular formula is C17H19N3O3. The molecule has 2 aromatic rings. The van der Waals surface area contributed by atoms with E-state index < -0.39 is 17.4 Å². The summed E-state index contributed by atoms with van der Waals surface area (Å²) in [6.45, 7) is 2.00. The Labute approximate surface area is 133 Å². The van der Waals surface area contributed by atoms with Gasteiger partial charge in [0.15, 0.2) is 0 Å². The molecule has 1 amide bonds. The molecule has 6 heteroatoms. The standard InChI is InChI=1S/C17H19N3O3/c1-11-4-6-12(7-5-11)13-10-14(20-19-13)15(21)18-17(16(22)23)8-2-3-9-17/h4-7,10H,2-3,8-9H2,1H3,(H,18,21)(H,19,20)(H,22,23). The maximum atomic E-state index is 12.4. The summed E-state index contributed by atoms with van der Waals surface area (Å²) in [6.07, 6.45) is 2.55. The molecule has 1 saturated carbocycles. The Kier molecular flexibility index (Phi) is 3.90. The number of aromatic nitrogens is 2. The van der Waals surface area contributed by atoms with Gasteiger partial charge in [0.1, 0.15) is 11.2 Å². The summed E-state index contributed by atoms with van der Waals surface area (Å²) < 4.78 is 0. The molecule has 1 fully saturated rings. The molecular weight excluding hydrogens is 294 g/mol. The van der Waals surface area contributed by atoms with Crippen molar-refractivity contribution in [2.75, 3.05) is 0 Å². The predicted molar refractivity (Wildman–Crippen MR) is 85.1 cm³/mol. The van der Waals surface area contributed by atoms with E-state index in [0.29, 0.717) is 18.5 Å². The molecule has 1 aromatic heterocycles. The van der Waals surface area contributed by atoms with Crippen LogP contribution in [-0.2, 0) is 4.79 Å². The van der Waals surface area contributed by atoms with Gasteiger partial charge in [-0.15, -0.1) is 0 Å². The summed E-state index contributed by atoms with van der Waals surface area (Å²) >= 11 is 0. The van der Waals surface area contributed by atoms with Crippen LogP contribution >= 0.6 is 0 Å². The molecule has 120 valence electrons. The van der Waals surface area contributed by atoms with Gasteiger partial charge in [-0.3, -0.25) is 9.89 Å². The monoisotopic (exact) mass is 313 g/mol. The fraction of sp³-hybridized carbons (Fsp3) is 0.353. The Hall–Kier alpha value is -2.63. The summed E-state index contributed by atoms with van der Waals surface area (Å²) in [4.78, 5) is 23.9. The third-order valence-corrected chi connectivity index (χ3v) is 4.39. The summed E-state index contributed by atoms with van der Waals surface area (Å²) in [5.41, 5.74) is 1.83. The van der Waals surface area contributed by atoms with E-state index >= 15 is 0 Å². The second-order valence-corrected chi connectivity index (χ2v) is 6.08. The Bertz CT molecular complexity index is 728. The summed E-state index contributed by atoms with van der Waals surface area (Å²) in [5, 5.41) is 18.9. The van der Waals surface area contributed by atoms with Crippen molar-refractivity contribution >= 4 is 11.9 Å². The van der Waals surface area contributed by atoms with Gasteiger partial charge in [0.2, 0.25) is 0 Å². The van der Waals surface area contributed by atoms with E-state index in [2.05, 4.69) is 15.5 Å². The molecule has 0 saturated heterocycles. The maximum absolute atomic E-state index is 12.4. The lowest BCUT2D eigenvalue weighted by Crippen LogP contribution is -2.52. The third kappa shape index (κ3) is 2.97. The Morgan fingerprint density at radius 2 is 1.87 bits per heavy atom. The van der Waals surface area contributed by atoms with Gasteiger partial charge in [-0.2, -0.15) is 5.10 Å². The van der Waals surface area contributed by atoms with Crippen LogP contribution in [0.5, 0.6) is 0 Å². The number of nitrogens with zero attached hydrogens (tertiary/aromatic N) is 1. The zero-order chi connectivity index (χ0) is 16.4. The Morgan fingerprint density at radius 1 is 1.22 bits per heavy atom. The van der Waals surface area contributed by atoms with Crippen LogP contribution in [0, 0.1) is 6.92 Å². The molecule has 1 heterocycles. The number of hydrogen-bond acceptors (Lipinski definition) is 3. The molecule has 0 unspecified atom stereocenters. The van der Waals surface area contributed by atoms with Crippen LogP contribution in [0.25, 0.3) is 11.3 Å². The first-order valence-corrected chi connectivity index (χ1v) is 7.68. The summed E-state index contributed by atoms with van der Waals surface area (Å²) in [6, 6.07) is 9.46. The van der Waals surface area contributed by atoms with E-state index in [1.165, 1.54) is 0 Å². The number of aliphatic carboxylic acids is 1. The zero-order valence-corrected chi connectivity index (χ0v) is 12.9. The summed E-state index contributed by atoms with van der Waals surface area (Å²) in [7, 11) is 0. The number of carboxylic acids is 1. The number of hydrogen-bond donors (Lipinski definition) is 3. The highest BCUT2D eigenvalue weighted by Gasteiger charge is 2.42. The Balaban J connectivity index is 1.78. The average Bonchev–Trinajstić information content (AvgIpc) is 3.17. The molecule has 3 rings (SSSR count). The van der Waals surface area contributed by atoms with Crippen molar-refractivity contribution in [1.82, 2.24) is 15.5 Å². The highest BCUT2D eigenvalue weighted by Crippen LogP contribution is 2.30. The topological polar surface area (TPSA) is 95.1 Å². The SMILES string of the molecule is Cc1ccc(-c2cc(C(=O)NC3(C(=O)O)CCCC3)[nH]n2)cc1.